The van der Waals surface area contributed by atoms with Crippen LogP contribution in [0.5, 0.6) is 0 Å². The Labute approximate surface area is 193 Å². The molecule has 4 fully saturated rings. The third-order valence-electron chi connectivity index (χ3n) is 9.33. The highest BCUT2D eigenvalue weighted by Gasteiger charge is 2.80. The van der Waals surface area contributed by atoms with E-state index in [-0.39, 0.29) is 49.8 Å². The second kappa shape index (κ2) is 7.66. The molecule has 33 heavy (non-hydrogen) atoms. The molecule has 0 aromatic heterocycles. The quantitative estimate of drug-likeness (QED) is 0.466. The van der Waals surface area contributed by atoms with Crippen molar-refractivity contribution in [1.82, 2.24) is 0 Å². The zero-order valence-corrected chi connectivity index (χ0v) is 19.6. The number of rotatable bonds is 4. The van der Waals surface area contributed by atoms with Crippen molar-refractivity contribution < 1.29 is 43.5 Å². The number of aliphatic hydroxyl groups is 2. The summed E-state index contributed by atoms with van der Waals surface area (Å²) in [4.78, 5) is 24.1. The maximum absolute atomic E-state index is 12.2. The molecule has 5 aliphatic rings. The summed E-state index contributed by atoms with van der Waals surface area (Å²) in [7, 11) is 0. The summed E-state index contributed by atoms with van der Waals surface area (Å²) in [6.45, 7) is 7.05. The topological polar surface area (TPSA) is 124 Å². The molecule has 3 heterocycles. The minimum atomic E-state index is -1.19. The molecule has 11 atom stereocenters. The predicted molar refractivity (Wildman–Crippen MR) is 112 cm³/mol. The third kappa shape index (κ3) is 3.12. The minimum absolute atomic E-state index is 0.0448. The Kier molecular flexibility index (Phi) is 5.36. The number of aliphatic hydroxyl groups excluding tert-OH is 2. The highest BCUT2D eigenvalue weighted by Crippen LogP contribution is 2.70. The lowest BCUT2D eigenvalue weighted by Gasteiger charge is -2.65. The number of hydrogen-bond acceptors (Lipinski definition) is 9. The molecular formula is C24H34O9. The van der Waals surface area contributed by atoms with E-state index in [4.69, 9.17) is 23.7 Å². The molecule has 1 spiro atoms. The Bertz CT molecular complexity index is 853. The molecule has 0 radical (unpaired) electrons. The van der Waals surface area contributed by atoms with Gasteiger partial charge in [0.25, 0.3) is 0 Å². The molecule has 0 unspecified atom stereocenters. The Hall–Kier alpha value is -1.68. The second-order valence-electron chi connectivity index (χ2n) is 10.8. The van der Waals surface area contributed by atoms with E-state index in [1.54, 1.807) is 6.26 Å². The van der Waals surface area contributed by atoms with Crippen molar-refractivity contribution in [2.75, 3.05) is 13.2 Å². The summed E-state index contributed by atoms with van der Waals surface area (Å²) in [6, 6.07) is 0. The van der Waals surface area contributed by atoms with Gasteiger partial charge in [-0.2, -0.15) is 0 Å². The van der Waals surface area contributed by atoms with Crippen LogP contribution < -0.4 is 0 Å². The summed E-state index contributed by atoms with van der Waals surface area (Å²) in [5.41, 5.74) is -2.68. The van der Waals surface area contributed by atoms with E-state index >= 15 is 0 Å². The van der Waals surface area contributed by atoms with Crippen LogP contribution in [0.1, 0.15) is 47.0 Å². The fraction of sp³-hybridized carbons (Fsp3) is 0.833. The van der Waals surface area contributed by atoms with Gasteiger partial charge in [-0.1, -0.05) is 13.8 Å². The highest BCUT2D eigenvalue weighted by molar-refractivity contribution is 5.67. The normalized spacial score (nSPS) is 52.1. The fourth-order valence-electron chi connectivity index (χ4n) is 7.45. The van der Waals surface area contributed by atoms with Crippen molar-refractivity contribution in [3.8, 4) is 0 Å². The second-order valence-corrected chi connectivity index (χ2v) is 10.8. The van der Waals surface area contributed by atoms with Crippen LogP contribution in [-0.2, 0) is 33.3 Å². The lowest BCUT2D eigenvalue weighted by Crippen LogP contribution is -2.74. The number of epoxide rings is 1. The Morgan fingerprint density at radius 1 is 1.15 bits per heavy atom. The fourth-order valence-corrected chi connectivity index (χ4v) is 7.45. The van der Waals surface area contributed by atoms with Gasteiger partial charge in [0.1, 0.15) is 24.4 Å². The van der Waals surface area contributed by atoms with Gasteiger partial charge in [0.2, 0.25) is 6.29 Å². The molecule has 2 saturated carbocycles. The molecule has 9 heteroatoms. The Morgan fingerprint density at radius 3 is 2.48 bits per heavy atom. The van der Waals surface area contributed by atoms with Gasteiger partial charge >= 0.3 is 11.9 Å². The van der Waals surface area contributed by atoms with E-state index in [9.17, 15) is 19.8 Å². The molecule has 9 nitrogen and oxygen atoms in total. The molecule has 2 aliphatic carbocycles. The van der Waals surface area contributed by atoms with Crippen LogP contribution in [-0.4, -0.2) is 71.7 Å². The van der Waals surface area contributed by atoms with E-state index < -0.39 is 46.7 Å². The molecule has 0 bridgehead atoms. The lowest BCUT2D eigenvalue weighted by atomic mass is 9.41. The number of fused-ring (bicyclic) bond motifs is 3. The van der Waals surface area contributed by atoms with Crippen molar-refractivity contribution in [2.45, 2.75) is 83.3 Å². The Balaban J connectivity index is 1.63. The van der Waals surface area contributed by atoms with E-state index in [1.807, 2.05) is 6.08 Å². The predicted octanol–water partition coefficient (Wildman–Crippen LogP) is 1.30. The number of esters is 2. The highest BCUT2D eigenvalue weighted by atomic mass is 16.7. The first kappa shape index (κ1) is 23.1. The zero-order valence-electron chi connectivity index (χ0n) is 19.6. The van der Waals surface area contributed by atoms with Gasteiger partial charge in [-0.05, 0) is 37.2 Å². The standard InChI is InChI=1S/C24H34O9/c1-12-7-19(32-14(3)26)23(10-30-13(2)25)17(9-16(27)20(28)24(23)11-31-24)22(12,4)18-8-15-5-6-29-21(15)33-18/h5-6,12,15-21,27-28H,7-11H2,1-4H3/t12-,15-,16-,17-,18+,19+,20+,21+,22+,23+,24-/m1/s1. The molecule has 184 valence electrons. The van der Waals surface area contributed by atoms with Crippen LogP contribution in [0.4, 0.5) is 0 Å². The SMILES string of the molecule is CC(=O)OC[C@@]12[C@@H](OC(C)=O)C[C@@H](C)[C@](C)([C@@H]3C[C@H]4C=CO[C@H]4O3)[C@H]1C[C@@H](O)[C@H](O)[C@]21CO1. The molecule has 5 rings (SSSR count). The van der Waals surface area contributed by atoms with E-state index in [2.05, 4.69) is 13.8 Å². The molecule has 3 aliphatic heterocycles. The van der Waals surface area contributed by atoms with Crippen LogP contribution in [0, 0.1) is 28.6 Å². The summed E-state index contributed by atoms with van der Waals surface area (Å²) >= 11 is 0. The minimum Gasteiger partial charge on any atom is -0.472 e. The molecule has 0 aromatic rings. The van der Waals surface area contributed by atoms with Gasteiger partial charge in [0.05, 0.1) is 30.5 Å². The van der Waals surface area contributed by atoms with Gasteiger partial charge < -0.3 is 33.9 Å². The smallest absolute Gasteiger partial charge is 0.302 e. The van der Waals surface area contributed by atoms with Crippen molar-refractivity contribution in [3.63, 3.8) is 0 Å². The van der Waals surface area contributed by atoms with Crippen LogP contribution in [0.25, 0.3) is 0 Å². The van der Waals surface area contributed by atoms with Crippen molar-refractivity contribution in [1.29, 1.82) is 0 Å². The lowest BCUT2D eigenvalue weighted by molar-refractivity contribution is -0.281. The zero-order chi connectivity index (χ0) is 23.8. The molecular weight excluding hydrogens is 432 g/mol. The summed E-state index contributed by atoms with van der Waals surface area (Å²) in [5, 5.41) is 22.1. The number of carbonyl (C=O) groups is 2. The first-order valence-electron chi connectivity index (χ1n) is 11.8. The van der Waals surface area contributed by atoms with Gasteiger partial charge in [-0.25, -0.2) is 0 Å². The summed E-state index contributed by atoms with van der Waals surface area (Å²) in [6.07, 6.45) is 1.80. The van der Waals surface area contributed by atoms with Crippen LogP contribution >= 0.6 is 0 Å². The number of carbonyl (C=O) groups excluding carboxylic acids is 2. The van der Waals surface area contributed by atoms with Crippen molar-refractivity contribution in [3.05, 3.63) is 12.3 Å². The summed E-state index contributed by atoms with van der Waals surface area (Å²) in [5.74, 6) is -1.03. The van der Waals surface area contributed by atoms with Crippen LogP contribution in [0.2, 0.25) is 0 Å². The number of ether oxygens (including phenoxy) is 5. The van der Waals surface area contributed by atoms with Crippen LogP contribution in [0.15, 0.2) is 12.3 Å². The maximum Gasteiger partial charge on any atom is 0.302 e. The Morgan fingerprint density at radius 2 is 1.88 bits per heavy atom. The van der Waals surface area contributed by atoms with Crippen molar-refractivity contribution >= 4 is 11.9 Å². The van der Waals surface area contributed by atoms with Gasteiger partial charge in [-0.3, -0.25) is 9.59 Å². The molecule has 2 N–H and O–H groups in total. The summed E-state index contributed by atoms with van der Waals surface area (Å²) < 4.78 is 29.4. The average Bonchev–Trinajstić information content (AvgIpc) is 3.24. The van der Waals surface area contributed by atoms with E-state index in [0.29, 0.717) is 6.42 Å². The average molecular weight is 467 g/mol. The van der Waals surface area contributed by atoms with E-state index in [0.717, 1.165) is 6.42 Å². The monoisotopic (exact) mass is 466 g/mol. The molecule has 2 saturated heterocycles. The first-order chi connectivity index (χ1) is 15.6. The van der Waals surface area contributed by atoms with Gasteiger partial charge in [-0.15, -0.1) is 0 Å². The number of hydrogen-bond donors (Lipinski definition) is 2. The maximum atomic E-state index is 12.2. The van der Waals surface area contributed by atoms with E-state index in [1.165, 1.54) is 13.8 Å². The van der Waals surface area contributed by atoms with Crippen molar-refractivity contribution in [2.24, 2.45) is 28.6 Å². The van der Waals surface area contributed by atoms with Crippen LogP contribution in [0.3, 0.4) is 0 Å². The third-order valence-corrected chi connectivity index (χ3v) is 9.33. The largest absolute Gasteiger partial charge is 0.472 e. The first-order valence-corrected chi connectivity index (χ1v) is 11.8. The molecule has 0 aromatic carbocycles. The van der Waals surface area contributed by atoms with Gasteiger partial charge in [0, 0.05) is 25.2 Å². The molecule has 0 amide bonds. The van der Waals surface area contributed by atoms with Gasteiger partial charge in [0.15, 0.2) is 0 Å².